The molecule has 0 radical (unpaired) electrons. The lowest BCUT2D eigenvalue weighted by Gasteiger charge is -2.10. The Morgan fingerprint density at radius 1 is 1.11 bits per heavy atom. The van der Waals surface area contributed by atoms with E-state index in [0.29, 0.717) is 16.7 Å². The van der Waals surface area contributed by atoms with Crippen LogP contribution in [-0.4, -0.2) is 19.6 Å². The summed E-state index contributed by atoms with van der Waals surface area (Å²) in [6, 6.07) is 12.1. The second kappa shape index (κ2) is 6.60. The first kappa shape index (κ1) is 16.8. The van der Waals surface area contributed by atoms with E-state index in [1.165, 1.54) is 6.07 Å². The standard InChI is InChI=1S/C20H17FN4O2/c1-12-15-7-6-14(27-20-23-8-3-9-24-20)10-16(15)19(26)25(12)11-13-4-2-5-17(22)18(13)21/h2-10,26H,11,22H2,1H3. The van der Waals surface area contributed by atoms with E-state index in [4.69, 9.17) is 10.5 Å². The molecule has 0 unspecified atom stereocenters. The third-order valence-corrected chi connectivity index (χ3v) is 4.47. The van der Waals surface area contributed by atoms with E-state index in [-0.39, 0.29) is 24.1 Å². The number of benzene rings is 2. The number of nitrogens with zero attached hydrogens (tertiary/aromatic N) is 3. The Labute approximate surface area is 154 Å². The van der Waals surface area contributed by atoms with Gasteiger partial charge in [0.15, 0.2) is 11.7 Å². The fourth-order valence-corrected chi connectivity index (χ4v) is 3.07. The van der Waals surface area contributed by atoms with Crippen LogP contribution in [0.25, 0.3) is 10.8 Å². The Balaban J connectivity index is 1.73. The lowest BCUT2D eigenvalue weighted by Crippen LogP contribution is -2.05. The van der Waals surface area contributed by atoms with Gasteiger partial charge >= 0.3 is 6.01 Å². The molecule has 7 heteroatoms. The van der Waals surface area contributed by atoms with Crippen LogP contribution in [0.1, 0.15) is 11.3 Å². The Morgan fingerprint density at radius 2 is 1.89 bits per heavy atom. The van der Waals surface area contributed by atoms with Gasteiger partial charge < -0.3 is 20.1 Å². The van der Waals surface area contributed by atoms with Gasteiger partial charge in [-0.1, -0.05) is 12.1 Å². The minimum absolute atomic E-state index is 0.0313. The van der Waals surface area contributed by atoms with Crippen LogP contribution in [0.3, 0.4) is 0 Å². The molecule has 3 N–H and O–H groups in total. The van der Waals surface area contributed by atoms with E-state index < -0.39 is 5.82 Å². The fourth-order valence-electron chi connectivity index (χ4n) is 3.07. The largest absolute Gasteiger partial charge is 0.494 e. The van der Waals surface area contributed by atoms with Crippen molar-refractivity contribution in [3.8, 4) is 17.6 Å². The zero-order valence-corrected chi connectivity index (χ0v) is 14.6. The highest BCUT2D eigenvalue weighted by Gasteiger charge is 2.16. The zero-order chi connectivity index (χ0) is 19.0. The monoisotopic (exact) mass is 364 g/mol. The minimum Gasteiger partial charge on any atom is -0.494 e. The summed E-state index contributed by atoms with van der Waals surface area (Å²) in [6.07, 6.45) is 3.16. The number of rotatable bonds is 4. The number of ether oxygens (including phenoxy) is 1. The molecular weight excluding hydrogens is 347 g/mol. The van der Waals surface area contributed by atoms with E-state index in [2.05, 4.69) is 9.97 Å². The number of hydrogen-bond donors (Lipinski definition) is 2. The average Bonchev–Trinajstić information content (AvgIpc) is 2.91. The highest BCUT2D eigenvalue weighted by Crippen LogP contribution is 2.35. The number of nitrogen functional groups attached to an aromatic ring is 1. The molecule has 0 atom stereocenters. The van der Waals surface area contributed by atoms with Gasteiger partial charge in [0.05, 0.1) is 12.2 Å². The first-order chi connectivity index (χ1) is 13.0. The Bertz CT molecular complexity index is 1130. The molecular formula is C20H17FN4O2. The van der Waals surface area contributed by atoms with Gasteiger partial charge in [0, 0.05) is 34.4 Å². The van der Waals surface area contributed by atoms with Gasteiger partial charge in [-0.3, -0.25) is 0 Å². The van der Waals surface area contributed by atoms with Crippen LogP contribution in [0.4, 0.5) is 10.1 Å². The molecule has 6 nitrogen and oxygen atoms in total. The van der Waals surface area contributed by atoms with Crippen molar-refractivity contribution in [2.45, 2.75) is 13.5 Å². The summed E-state index contributed by atoms with van der Waals surface area (Å²) < 4.78 is 21.5. The smallest absolute Gasteiger partial charge is 0.321 e. The summed E-state index contributed by atoms with van der Waals surface area (Å²) in [6.45, 7) is 2.04. The molecule has 0 aliphatic carbocycles. The number of aryl methyl sites for hydroxylation is 1. The number of halogens is 1. The molecule has 0 aliphatic heterocycles. The third-order valence-electron chi connectivity index (χ3n) is 4.47. The molecule has 0 saturated heterocycles. The molecule has 0 spiro atoms. The average molecular weight is 364 g/mol. The second-order valence-electron chi connectivity index (χ2n) is 6.16. The van der Waals surface area contributed by atoms with Crippen molar-refractivity contribution in [2.24, 2.45) is 0 Å². The maximum Gasteiger partial charge on any atom is 0.321 e. The zero-order valence-electron chi connectivity index (χ0n) is 14.6. The quantitative estimate of drug-likeness (QED) is 0.535. The number of nitrogens with two attached hydrogens (primary N) is 1. The van der Waals surface area contributed by atoms with Gasteiger partial charge in [0.1, 0.15) is 5.75 Å². The molecule has 0 fully saturated rings. The lowest BCUT2D eigenvalue weighted by atomic mass is 10.1. The van der Waals surface area contributed by atoms with E-state index in [1.54, 1.807) is 47.3 Å². The molecule has 0 amide bonds. The number of anilines is 1. The summed E-state index contributed by atoms with van der Waals surface area (Å²) in [5.74, 6) is 0.0549. The van der Waals surface area contributed by atoms with E-state index in [9.17, 15) is 9.50 Å². The van der Waals surface area contributed by atoms with Crippen LogP contribution in [0, 0.1) is 12.7 Å². The summed E-state index contributed by atoms with van der Waals surface area (Å²) >= 11 is 0. The Kier molecular flexibility index (Phi) is 4.12. The number of aromatic nitrogens is 3. The molecule has 136 valence electrons. The molecule has 0 saturated carbocycles. The SMILES string of the molecule is Cc1c2ccc(Oc3ncccn3)cc2c(O)n1Cc1cccc(N)c1F. The highest BCUT2D eigenvalue weighted by molar-refractivity contribution is 5.92. The van der Waals surface area contributed by atoms with Gasteiger partial charge in [-0.25, -0.2) is 14.4 Å². The van der Waals surface area contributed by atoms with Crippen LogP contribution in [0.2, 0.25) is 0 Å². The normalized spacial score (nSPS) is 11.0. The molecule has 4 rings (SSSR count). The highest BCUT2D eigenvalue weighted by atomic mass is 19.1. The maximum absolute atomic E-state index is 14.3. The van der Waals surface area contributed by atoms with Crippen LogP contribution in [0.5, 0.6) is 17.6 Å². The van der Waals surface area contributed by atoms with Crippen LogP contribution < -0.4 is 10.5 Å². The maximum atomic E-state index is 14.3. The fraction of sp³-hybridized carbons (Fsp3) is 0.100. The third kappa shape index (κ3) is 3.03. The summed E-state index contributed by atoms with van der Waals surface area (Å²) in [5, 5.41) is 12.2. The molecule has 27 heavy (non-hydrogen) atoms. The van der Waals surface area contributed by atoms with Gasteiger partial charge in [-0.15, -0.1) is 0 Å². The van der Waals surface area contributed by atoms with Gasteiger partial charge in [-0.2, -0.15) is 0 Å². The van der Waals surface area contributed by atoms with Gasteiger partial charge in [0.25, 0.3) is 0 Å². The van der Waals surface area contributed by atoms with Crippen LogP contribution in [-0.2, 0) is 6.54 Å². The molecule has 2 aromatic carbocycles. The Morgan fingerprint density at radius 3 is 2.67 bits per heavy atom. The lowest BCUT2D eigenvalue weighted by molar-refractivity contribution is 0.424. The van der Waals surface area contributed by atoms with Crippen LogP contribution in [0.15, 0.2) is 54.9 Å². The van der Waals surface area contributed by atoms with Crippen molar-refractivity contribution in [1.29, 1.82) is 0 Å². The Hall–Kier alpha value is -3.61. The number of hydrogen-bond acceptors (Lipinski definition) is 5. The van der Waals surface area contributed by atoms with Crippen molar-refractivity contribution in [3.05, 3.63) is 71.9 Å². The topological polar surface area (TPSA) is 86.2 Å². The van der Waals surface area contributed by atoms with Crippen molar-refractivity contribution >= 4 is 16.5 Å². The predicted molar refractivity (Wildman–Crippen MR) is 100 cm³/mol. The summed E-state index contributed by atoms with van der Waals surface area (Å²) in [7, 11) is 0. The van der Waals surface area contributed by atoms with Gasteiger partial charge in [-0.05, 0) is 37.3 Å². The van der Waals surface area contributed by atoms with Gasteiger partial charge in [0.2, 0.25) is 0 Å². The van der Waals surface area contributed by atoms with Crippen molar-refractivity contribution in [3.63, 3.8) is 0 Å². The number of aromatic hydroxyl groups is 1. The first-order valence-electron chi connectivity index (χ1n) is 8.34. The predicted octanol–water partition coefficient (Wildman–Crippen LogP) is 4.01. The van der Waals surface area contributed by atoms with Crippen molar-refractivity contribution < 1.29 is 14.2 Å². The first-order valence-corrected chi connectivity index (χ1v) is 8.34. The minimum atomic E-state index is -0.473. The van der Waals surface area contributed by atoms with E-state index >= 15 is 0 Å². The molecule has 0 aliphatic rings. The second-order valence-corrected chi connectivity index (χ2v) is 6.16. The molecule has 4 aromatic rings. The van der Waals surface area contributed by atoms with E-state index in [0.717, 1.165) is 11.1 Å². The van der Waals surface area contributed by atoms with Crippen LogP contribution >= 0.6 is 0 Å². The summed E-state index contributed by atoms with van der Waals surface area (Å²) in [5.41, 5.74) is 6.94. The van der Waals surface area contributed by atoms with E-state index in [1.807, 2.05) is 13.0 Å². The molecule has 0 bridgehead atoms. The van der Waals surface area contributed by atoms with Crippen molar-refractivity contribution in [1.82, 2.24) is 14.5 Å². The molecule has 2 heterocycles. The van der Waals surface area contributed by atoms with Crippen molar-refractivity contribution in [2.75, 3.05) is 5.73 Å². The summed E-state index contributed by atoms with van der Waals surface area (Å²) in [4.78, 5) is 8.04. The number of fused-ring (bicyclic) bond motifs is 1. The molecule has 2 aromatic heterocycles.